The van der Waals surface area contributed by atoms with Crippen LogP contribution in [0.5, 0.6) is 0 Å². The number of halogens is 2. The third-order valence-corrected chi connectivity index (χ3v) is 2.99. The standard InChI is InChI=1S/C11H13Cl2NO/c1-3-11(2,14)10(15)8-6-7(12)4-5-9(8)13/h4-6H,3,14H2,1-2H3. The first-order valence-electron chi connectivity index (χ1n) is 4.67. The van der Waals surface area contributed by atoms with Crippen LogP contribution in [0.1, 0.15) is 30.6 Å². The minimum atomic E-state index is -0.895. The van der Waals surface area contributed by atoms with Crippen LogP contribution in [0.2, 0.25) is 10.0 Å². The molecule has 0 fully saturated rings. The molecule has 0 aliphatic carbocycles. The molecule has 2 nitrogen and oxygen atoms in total. The highest BCUT2D eigenvalue weighted by molar-refractivity contribution is 6.36. The van der Waals surface area contributed by atoms with Crippen molar-refractivity contribution in [2.24, 2.45) is 5.73 Å². The molecule has 0 saturated heterocycles. The second kappa shape index (κ2) is 4.52. The van der Waals surface area contributed by atoms with E-state index in [-0.39, 0.29) is 5.78 Å². The number of hydrogen-bond donors (Lipinski definition) is 1. The van der Waals surface area contributed by atoms with Crippen molar-refractivity contribution in [3.63, 3.8) is 0 Å². The SMILES string of the molecule is CCC(C)(N)C(=O)c1cc(Cl)ccc1Cl. The summed E-state index contributed by atoms with van der Waals surface area (Å²) in [5, 5.41) is 0.865. The van der Waals surface area contributed by atoms with Crippen LogP contribution in [0.3, 0.4) is 0 Å². The molecule has 1 unspecified atom stereocenters. The van der Waals surface area contributed by atoms with Gasteiger partial charge in [-0.15, -0.1) is 0 Å². The predicted molar refractivity (Wildman–Crippen MR) is 63.7 cm³/mol. The Hall–Kier alpha value is -0.570. The molecule has 0 saturated carbocycles. The van der Waals surface area contributed by atoms with E-state index in [2.05, 4.69) is 0 Å². The Kier molecular flexibility index (Phi) is 3.77. The molecule has 1 aromatic carbocycles. The van der Waals surface area contributed by atoms with E-state index in [1.165, 1.54) is 0 Å². The fourth-order valence-electron chi connectivity index (χ4n) is 1.14. The number of benzene rings is 1. The van der Waals surface area contributed by atoms with Crippen LogP contribution >= 0.6 is 23.2 Å². The first-order valence-corrected chi connectivity index (χ1v) is 5.43. The normalized spacial score (nSPS) is 14.7. The molecule has 82 valence electrons. The van der Waals surface area contributed by atoms with Crippen molar-refractivity contribution < 1.29 is 4.79 Å². The molecule has 0 spiro atoms. The summed E-state index contributed by atoms with van der Waals surface area (Å²) < 4.78 is 0. The lowest BCUT2D eigenvalue weighted by atomic mass is 9.90. The minimum absolute atomic E-state index is 0.183. The van der Waals surface area contributed by atoms with Gasteiger partial charge in [0.25, 0.3) is 0 Å². The minimum Gasteiger partial charge on any atom is -0.319 e. The summed E-state index contributed by atoms with van der Waals surface area (Å²) in [5.41, 5.74) is 5.35. The lowest BCUT2D eigenvalue weighted by Crippen LogP contribution is -2.44. The van der Waals surface area contributed by atoms with Crippen molar-refractivity contribution >= 4 is 29.0 Å². The summed E-state index contributed by atoms with van der Waals surface area (Å²) in [4.78, 5) is 12.0. The van der Waals surface area contributed by atoms with E-state index >= 15 is 0 Å². The van der Waals surface area contributed by atoms with Gasteiger partial charge in [0.05, 0.1) is 10.6 Å². The largest absolute Gasteiger partial charge is 0.319 e. The van der Waals surface area contributed by atoms with E-state index < -0.39 is 5.54 Å². The smallest absolute Gasteiger partial charge is 0.183 e. The molecule has 1 aromatic rings. The quantitative estimate of drug-likeness (QED) is 0.831. The molecule has 4 heteroatoms. The molecule has 1 atom stereocenters. The summed E-state index contributed by atoms with van der Waals surface area (Å²) in [7, 11) is 0. The predicted octanol–water partition coefficient (Wildman–Crippen LogP) is 3.30. The highest BCUT2D eigenvalue weighted by atomic mass is 35.5. The van der Waals surface area contributed by atoms with E-state index in [1.54, 1.807) is 25.1 Å². The van der Waals surface area contributed by atoms with Crippen LogP contribution < -0.4 is 5.73 Å². The number of carbonyl (C=O) groups is 1. The number of Topliss-reactive ketones (excluding diaryl/α,β-unsaturated/α-hetero) is 1. The summed E-state index contributed by atoms with van der Waals surface area (Å²) in [5.74, 6) is -0.183. The number of hydrogen-bond acceptors (Lipinski definition) is 2. The molecule has 0 amide bonds. The molecule has 0 aliphatic heterocycles. The fraction of sp³-hybridized carbons (Fsp3) is 0.364. The summed E-state index contributed by atoms with van der Waals surface area (Å²) >= 11 is 11.7. The van der Waals surface area contributed by atoms with Crippen molar-refractivity contribution in [1.29, 1.82) is 0 Å². The Bertz CT molecular complexity index is 388. The lowest BCUT2D eigenvalue weighted by molar-refractivity contribution is 0.0898. The van der Waals surface area contributed by atoms with Crippen molar-refractivity contribution in [1.82, 2.24) is 0 Å². The van der Waals surface area contributed by atoms with Gasteiger partial charge >= 0.3 is 0 Å². The van der Waals surface area contributed by atoms with Gasteiger partial charge in [0.15, 0.2) is 5.78 Å². The summed E-state index contributed by atoms with van der Waals surface area (Å²) in [6.45, 7) is 3.54. The van der Waals surface area contributed by atoms with Crippen LogP contribution in [0.25, 0.3) is 0 Å². The van der Waals surface area contributed by atoms with Gasteiger partial charge in [0, 0.05) is 10.6 Å². The van der Waals surface area contributed by atoms with Gasteiger partial charge in [0.1, 0.15) is 0 Å². The van der Waals surface area contributed by atoms with Crippen molar-refractivity contribution in [2.45, 2.75) is 25.8 Å². The van der Waals surface area contributed by atoms with E-state index in [0.29, 0.717) is 22.0 Å². The summed E-state index contributed by atoms with van der Waals surface area (Å²) in [6, 6.07) is 4.79. The topological polar surface area (TPSA) is 43.1 Å². The lowest BCUT2D eigenvalue weighted by Gasteiger charge is -2.21. The Morgan fingerprint density at radius 1 is 1.47 bits per heavy atom. The molecular formula is C11H13Cl2NO. The van der Waals surface area contributed by atoms with Gasteiger partial charge in [0.2, 0.25) is 0 Å². The maximum Gasteiger partial charge on any atom is 0.183 e. The molecule has 0 bridgehead atoms. The van der Waals surface area contributed by atoms with Gasteiger partial charge in [-0.3, -0.25) is 4.79 Å². The maximum atomic E-state index is 12.0. The second-order valence-electron chi connectivity index (χ2n) is 3.72. The Morgan fingerprint density at radius 2 is 2.07 bits per heavy atom. The van der Waals surface area contributed by atoms with Gasteiger partial charge in [-0.1, -0.05) is 30.1 Å². The number of rotatable bonds is 3. The molecule has 0 radical (unpaired) electrons. The van der Waals surface area contributed by atoms with Crippen LogP contribution in [-0.2, 0) is 0 Å². The highest BCUT2D eigenvalue weighted by Crippen LogP contribution is 2.24. The van der Waals surface area contributed by atoms with Gasteiger partial charge in [-0.2, -0.15) is 0 Å². The van der Waals surface area contributed by atoms with Crippen molar-refractivity contribution in [3.05, 3.63) is 33.8 Å². The molecular weight excluding hydrogens is 233 g/mol. The highest BCUT2D eigenvalue weighted by Gasteiger charge is 2.28. The zero-order valence-electron chi connectivity index (χ0n) is 8.68. The second-order valence-corrected chi connectivity index (χ2v) is 4.57. The van der Waals surface area contributed by atoms with Gasteiger partial charge in [-0.05, 0) is 31.5 Å². The monoisotopic (exact) mass is 245 g/mol. The zero-order chi connectivity index (χ0) is 11.6. The fourth-order valence-corrected chi connectivity index (χ4v) is 1.52. The van der Waals surface area contributed by atoms with Crippen LogP contribution in [-0.4, -0.2) is 11.3 Å². The van der Waals surface area contributed by atoms with Gasteiger partial charge < -0.3 is 5.73 Å². The third kappa shape index (κ3) is 2.71. The zero-order valence-corrected chi connectivity index (χ0v) is 10.2. The van der Waals surface area contributed by atoms with Gasteiger partial charge in [-0.25, -0.2) is 0 Å². The van der Waals surface area contributed by atoms with Crippen LogP contribution in [0, 0.1) is 0 Å². The van der Waals surface area contributed by atoms with Crippen LogP contribution in [0.15, 0.2) is 18.2 Å². The number of carbonyl (C=O) groups excluding carboxylic acids is 1. The van der Waals surface area contributed by atoms with E-state index in [4.69, 9.17) is 28.9 Å². The molecule has 0 aromatic heterocycles. The number of nitrogens with two attached hydrogens (primary N) is 1. The van der Waals surface area contributed by atoms with Crippen LogP contribution in [0.4, 0.5) is 0 Å². The van der Waals surface area contributed by atoms with Crippen molar-refractivity contribution in [3.8, 4) is 0 Å². The van der Waals surface area contributed by atoms with E-state index in [9.17, 15) is 4.79 Å². The maximum absolute atomic E-state index is 12.0. The Balaban J connectivity index is 3.17. The summed E-state index contributed by atoms with van der Waals surface area (Å²) in [6.07, 6.45) is 0.550. The molecule has 0 aliphatic rings. The Labute approximate surface area is 99.4 Å². The van der Waals surface area contributed by atoms with Crippen molar-refractivity contribution in [2.75, 3.05) is 0 Å². The molecule has 2 N–H and O–H groups in total. The molecule has 15 heavy (non-hydrogen) atoms. The van der Waals surface area contributed by atoms with E-state index in [0.717, 1.165) is 0 Å². The first kappa shape index (κ1) is 12.5. The van der Waals surface area contributed by atoms with E-state index in [1.807, 2.05) is 6.92 Å². The first-order chi connectivity index (χ1) is 6.88. The molecule has 1 rings (SSSR count). The average molecular weight is 246 g/mol. The average Bonchev–Trinajstić information content (AvgIpc) is 2.20. The Morgan fingerprint density at radius 3 is 2.60 bits per heavy atom. The molecule has 0 heterocycles. The number of ketones is 1. The third-order valence-electron chi connectivity index (χ3n) is 2.43.